The lowest BCUT2D eigenvalue weighted by Crippen LogP contribution is -2.67. The third-order valence-electron chi connectivity index (χ3n) is 6.79. The number of carbonyl (C=O) groups is 1. The average molecular weight is 325 g/mol. The zero-order valence-corrected chi connectivity index (χ0v) is 14.7. The highest BCUT2D eigenvalue weighted by Gasteiger charge is 2.68. The fourth-order valence-electron chi connectivity index (χ4n) is 6.52. The van der Waals surface area contributed by atoms with Crippen molar-refractivity contribution in [2.45, 2.75) is 81.2 Å². The molecule has 0 radical (unpaired) electrons. The fraction of sp³-hybridized carbons (Fsp3) is 0.944. The summed E-state index contributed by atoms with van der Waals surface area (Å²) in [4.78, 5) is 13.6. The average Bonchev–Trinajstić information content (AvgIpc) is 2.87. The van der Waals surface area contributed by atoms with Crippen LogP contribution in [0.25, 0.3) is 0 Å². The molecule has 3 nitrogen and oxygen atoms in total. The molecule has 4 saturated carbocycles. The SMILES string of the molecule is CC(C)(C(=O)C12CC3CC(O)(CC(O)(C3)C1)C2)[S+]1CCCC1. The Balaban J connectivity index is 1.68. The van der Waals surface area contributed by atoms with Gasteiger partial charge >= 0.3 is 0 Å². The molecule has 2 unspecified atom stereocenters. The van der Waals surface area contributed by atoms with Gasteiger partial charge in [-0.05, 0) is 64.7 Å². The highest BCUT2D eigenvalue weighted by atomic mass is 32.2. The molecule has 0 amide bonds. The van der Waals surface area contributed by atoms with Crippen molar-refractivity contribution in [1.82, 2.24) is 0 Å². The first-order valence-electron chi connectivity index (χ1n) is 8.84. The lowest BCUT2D eigenvalue weighted by atomic mass is 9.44. The lowest BCUT2D eigenvalue weighted by molar-refractivity contribution is -0.228. The molecule has 1 saturated heterocycles. The van der Waals surface area contributed by atoms with E-state index in [-0.39, 0.29) is 15.6 Å². The molecule has 0 aromatic carbocycles. The monoisotopic (exact) mass is 325 g/mol. The summed E-state index contributed by atoms with van der Waals surface area (Å²) in [5.74, 6) is 3.06. The second-order valence-electron chi connectivity index (χ2n) is 9.19. The molecule has 4 aliphatic carbocycles. The van der Waals surface area contributed by atoms with Crippen LogP contribution in [0.3, 0.4) is 0 Å². The van der Waals surface area contributed by atoms with E-state index >= 15 is 0 Å². The van der Waals surface area contributed by atoms with Crippen molar-refractivity contribution in [1.29, 1.82) is 0 Å². The molecule has 124 valence electrons. The van der Waals surface area contributed by atoms with E-state index in [2.05, 4.69) is 13.8 Å². The second kappa shape index (κ2) is 4.52. The van der Waals surface area contributed by atoms with Crippen LogP contribution in [0.15, 0.2) is 0 Å². The minimum absolute atomic E-state index is 0.180. The van der Waals surface area contributed by atoms with Gasteiger partial charge in [-0.2, -0.15) is 0 Å². The minimum atomic E-state index is -0.793. The summed E-state index contributed by atoms with van der Waals surface area (Å²) in [6, 6.07) is 0. The van der Waals surface area contributed by atoms with Crippen molar-refractivity contribution in [2.24, 2.45) is 11.3 Å². The molecule has 4 bridgehead atoms. The Bertz CT molecular complexity index is 490. The van der Waals surface area contributed by atoms with Crippen LogP contribution in [0.1, 0.15) is 65.2 Å². The molecule has 5 fully saturated rings. The van der Waals surface area contributed by atoms with Gasteiger partial charge in [0.2, 0.25) is 0 Å². The number of Topliss-reactive ketones (excluding diaryl/α,β-unsaturated/α-hetero) is 1. The molecule has 22 heavy (non-hydrogen) atoms. The fourth-order valence-corrected chi connectivity index (χ4v) is 9.33. The van der Waals surface area contributed by atoms with E-state index in [0.29, 0.717) is 31.0 Å². The van der Waals surface area contributed by atoms with Crippen molar-refractivity contribution in [2.75, 3.05) is 11.5 Å². The number of carbonyl (C=O) groups excluding carboxylic acids is 1. The zero-order valence-electron chi connectivity index (χ0n) is 13.9. The predicted octanol–water partition coefficient (Wildman–Crippen LogP) is 2.19. The Morgan fingerprint density at radius 1 is 1.00 bits per heavy atom. The van der Waals surface area contributed by atoms with Crippen molar-refractivity contribution >= 4 is 16.7 Å². The van der Waals surface area contributed by atoms with Gasteiger partial charge in [0.15, 0.2) is 10.5 Å². The maximum atomic E-state index is 13.6. The molecule has 2 N–H and O–H groups in total. The molecule has 0 aromatic heterocycles. The summed E-state index contributed by atoms with van der Waals surface area (Å²) in [7, 11) is 0.180. The van der Waals surface area contributed by atoms with Gasteiger partial charge in [-0.25, -0.2) is 0 Å². The third-order valence-corrected chi connectivity index (χ3v) is 9.98. The largest absolute Gasteiger partial charge is 0.390 e. The summed E-state index contributed by atoms with van der Waals surface area (Å²) in [6.07, 6.45) is 6.66. The zero-order chi connectivity index (χ0) is 15.8. The highest BCUT2D eigenvalue weighted by molar-refractivity contribution is 7.99. The van der Waals surface area contributed by atoms with Crippen molar-refractivity contribution in [3.63, 3.8) is 0 Å². The molecule has 2 atom stereocenters. The predicted molar refractivity (Wildman–Crippen MR) is 88.9 cm³/mol. The highest BCUT2D eigenvalue weighted by Crippen LogP contribution is 2.64. The van der Waals surface area contributed by atoms with Crippen LogP contribution in [-0.4, -0.2) is 43.5 Å². The van der Waals surface area contributed by atoms with E-state index in [4.69, 9.17) is 0 Å². The van der Waals surface area contributed by atoms with Crippen LogP contribution in [-0.2, 0) is 15.7 Å². The Morgan fingerprint density at radius 2 is 1.55 bits per heavy atom. The van der Waals surface area contributed by atoms with Crippen LogP contribution >= 0.6 is 0 Å². The van der Waals surface area contributed by atoms with E-state index in [1.807, 2.05) is 0 Å². The van der Waals surface area contributed by atoms with Crippen LogP contribution < -0.4 is 0 Å². The Hall–Kier alpha value is -0.0600. The van der Waals surface area contributed by atoms with Crippen LogP contribution in [0, 0.1) is 11.3 Å². The maximum Gasteiger partial charge on any atom is 0.193 e. The summed E-state index contributed by atoms with van der Waals surface area (Å²) in [5, 5.41) is 21.8. The molecule has 0 spiro atoms. The molecular weight excluding hydrogens is 296 g/mol. The molecule has 4 heteroatoms. The van der Waals surface area contributed by atoms with Gasteiger partial charge in [-0.3, -0.25) is 4.79 Å². The number of rotatable bonds is 3. The minimum Gasteiger partial charge on any atom is -0.390 e. The Kier molecular flexibility index (Phi) is 3.17. The Labute approximate surface area is 136 Å². The second-order valence-corrected chi connectivity index (χ2v) is 12.0. The molecule has 1 aliphatic heterocycles. The van der Waals surface area contributed by atoms with E-state index in [1.54, 1.807) is 0 Å². The van der Waals surface area contributed by atoms with E-state index in [9.17, 15) is 15.0 Å². The smallest absolute Gasteiger partial charge is 0.193 e. The van der Waals surface area contributed by atoms with Gasteiger partial charge in [-0.15, -0.1) is 0 Å². The number of aliphatic hydroxyl groups is 2. The van der Waals surface area contributed by atoms with Gasteiger partial charge in [0.1, 0.15) is 11.5 Å². The first-order valence-corrected chi connectivity index (χ1v) is 10.4. The molecule has 0 aromatic rings. The van der Waals surface area contributed by atoms with Crippen molar-refractivity contribution in [3.05, 3.63) is 0 Å². The molecule has 1 heterocycles. The number of hydrogen-bond donors (Lipinski definition) is 2. The first kappa shape index (κ1) is 15.5. The topological polar surface area (TPSA) is 57.5 Å². The summed E-state index contributed by atoms with van der Waals surface area (Å²) in [6.45, 7) is 4.27. The van der Waals surface area contributed by atoms with E-state index in [1.165, 1.54) is 24.3 Å². The van der Waals surface area contributed by atoms with Crippen LogP contribution in [0.5, 0.6) is 0 Å². The Morgan fingerprint density at radius 3 is 2.05 bits per heavy atom. The lowest BCUT2D eigenvalue weighted by Gasteiger charge is -2.63. The van der Waals surface area contributed by atoms with Gasteiger partial charge in [0, 0.05) is 22.7 Å². The van der Waals surface area contributed by atoms with Gasteiger partial charge in [0.25, 0.3) is 0 Å². The van der Waals surface area contributed by atoms with Crippen molar-refractivity contribution in [3.8, 4) is 0 Å². The van der Waals surface area contributed by atoms with E-state index < -0.39 is 16.6 Å². The van der Waals surface area contributed by atoms with Gasteiger partial charge in [-0.1, -0.05) is 0 Å². The number of hydrogen-bond acceptors (Lipinski definition) is 3. The normalized spacial score (nSPS) is 48.1. The van der Waals surface area contributed by atoms with Crippen LogP contribution in [0.4, 0.5) is 0 Å². The van der Waals surface area contributed by atoms with Crippen LogP contribution in [0.2, 0.25) is 0 Å². The van der Waals surface area contributed by atoms with E-state index in [0.717, 1.165) is 19.3 Å². The third kappa shape index (κ3) is 2.13. The maximum absolute atomic E-state index is 13.6. The van der Waals surface area contributed by atoms with Crippen molar-refractivity contribution < 1.29 is 15.0 Å². The number of ketones is 1. The molecular formula is C18H29O3S+. The summed E-state index contributed by atoms with van der Waals surface area (Å²) < 4.78 is -0.283. The first-order chi connectivity index (χ1) is 10.2. The summed E-state index contributed by atoms with van der Waals surface area (Å²) in [5.41, 5.74) is -2.04. The quantitative estimate of drug-likeness (QED) is 0.782. The van der Waals surface area contributed by atoms with Gasteiger partial charge in [0.05, 0.1) is 11.2 Å². The summed E-state index contributed by atoms with van der Waals surface area (Å²) >= 11 is 0. The molecule has 5 aliphatic rings. The van der Waals surface area contributed by atoms with Gasteiger partial charge < -0.3 is 10.2 Å². The molecule has 5 rings (SSSR count). The standard InChI is InChI=1S/C18H29O3S/c1-15(2,22-5-3-4-6-22)14(19)16-7-13-8-17(20,10-16)12-18(21,9-13)11-16/h13,20-21H,3-12H2,1-2H3/q+1.